The summed E-state index contributed by atoms with van der Waals surface area (Å²) < 4.78 is 14.7. The first-order valence-electron chi connectivity index (χ1n) is 6.08. The van der Waals surface area contributed by atoms with Crippen molar-refractivity contribution in [2.24, 2.45) is 0 Å². The number of carbonyl (C=O) groups excluding carboxylic acids is 1. The maximum Gasteiger partial charge on any atom is 0.173 e. The van der Waals surface area contributed by atoms with Gasteiger partial charge in [0, 0.05) is 11.8 Å². The van der Waals surface area contributed by atoms with E-state index in [2.05, 4.69) is 4.98 Å². The van der Waals surface area contributed by atoms with Crippen LogP contribution in [0.15, 0.2) is 60.0 Å². The van der Waals surface area contributed by atoms with Gasteiger partial charge in [-0.3, -0.25) is 9.20 Å². The molecule has 5 heteroatoms. The number of carbonyl (C=O) groups is 1. The number of rotatable bonds is 4. The van der Waals surface area contributed by atoms with Crippen molar-refractivity contribution in [2.45, 2.75) is 5.16 Å². The first-order chi connectivity index (χ1) is 9.74. The predicted octanol–water partition coefficient (Wildman–Crippen LogP) is 3.45. The number of benzene rings is 1. The van der Waals surface area contributed by atoms with Crippen LogP contribution in [0.3, 0.4) is 0 Å². The predicted molar refractivity (Wildman–Crippen MR) is 76.6 cm³/mol. The van der Waals surface area contributed by atoms with E-state index in [0.717, 1.165) is 10.7 Å². The van der Waals surface area contributed by atoms with E-state index in [1.807, 2.05) is 28.8 Å². The molecule has 3 nitrogen and oxygen atoms in total. The molecule has 0 unspecified atom stereocenters. The first-order valence-corrected chi connectivity index (χ1v) is 7.06. The molecule has 2 aromatic heterocycles. The van der Waals surface area contributed by atoms with Crippen LogP contribution in [-0.2, 0) is 0 Å². The Labute approximate surface area is 119 Å². The van der Waals surface area contributed by atoms with Crippen LogP contribution in [0, 0.1) is 5.82 Å². The average Bonchev–Trinajstić information content (AvgIpc) is 2.89. The number of hydrogen-bond donors (Lipinski definition) is 0. The van der Waals surface area contributed by atoms with Gasteiger partial charge in [0.15, 0.2) is 10.9 Å². The molecular formula is C15H11FN2OS. The van der Waals surface area contributed by atoms with E-state index in [-0.39, 0.29) is 17.4 Å². The Bertz CT molecular complexity index is 752. The summed E-state index contributed by atoms with van der Waals surface area (Å²) in [6.07, 6.45) is 3.68. The van der Waals surface area contributed by atoms with Crippen molar-refractivity contribution < 1.29 is 9.18 Å². The monoisotopic (exact) mass is 286 g/mol. The highest BCUT2D eigenvalue weighted by molar-refractivity contribution is 7.99. The lowest BCUT2D eigenvalue weighted by atomic mass is 10.1. The van der Waals surface area contributed by atoms with E-state index in [9.17, 15) is 9.18 Å². The fourth-order valence-corrected chi connectivity index (χ4v) is 2.73. The summed E-state index contributed by atoms with van der Waals surface area (Å²) in [7, 11) is 0. The largest absolute Gasteiger partial charge is 0.295 e. The van der Waals surface area contributed by atoms with Crippen molar-refractivity contribution in [3.05, 3.63) is 66.2 Å². The normalized spacial score (nSPS) is 10.8. The zero-order chi connectivity index (χ0) is 13.9. The molecule has 20 heavy (non-hydrogen) atoms. The molecule has 1 aromatic carbocycles. The summed E-state index contributed by atoms with van der Waals surface area (Å²) in [4.78, 5) is 16.3. The molecule has 0 aliphatic heterocycles. The zero-order valence-electron chi connectivity index (χ0n) is 10.5. The Morgan fingerprint density at radius 1 is 1.20 bits per heavy atom. The number of Topliss-reactive ketones (excluding diaryl/α,β-unsaturated/α-hetero) is 1. The van der Waals surface area contributed by atoms with E-state index in [0.29, 0.717) is 5.56 Å². The second-order valence-electron chi connectivity index (χ2n) is 4.26. The van der Waals surface area contributed by atoms with E-state index >= 15 is 0 Å². The number of fused-ring (bicyclic) bond motifs is 1. The molecule has 100 valence electrons. The van der Waals surface area contributed by atoms with Crippen molar-refractivity contribution in [3.63, 3.8) is 0 Å². The highest BCUT2D eigenvalue weighted by Crippen LogP contribution is 2.19. The van der Waals surface area contributed by atoms with Gasteiger partial charge in [-0.2, -0.15) is 0 Å². The van der Waals surface area contributed by atoms with Gasteiger partial charge in [0.25, 0.3) is 0 Å². The van der Waals surface area contributed by atoms with Gasteiger partial charge in [-0.15, -0.1) is 0 Å². The molecule has 0 aliphatic carbocycles. The van der Waals surface area contributed by atoms with Crippen molar-refractivity contribution in [1.29, 1.82) is 0 Å². The van der Waals surface area contributed by atoms with E-state index in [1.165, 1.54) is 36.0 Å². The summed E-state index contributed by atoms with van der Waals surface area (Å²) in [6.45, 7) is 0. The smallest absolute Gasteiger partial charge is 0.173 e. The van der Waals surface area contributed by atoms with E-state index in [4.69, 9.17) is 0 Å². The Balaban J connectivity index is 1.73. The maximum absolute atomic E-state index is 12.8. The Morgan fingerprint density at radius 2 is 2.00 bits per heavy atom. The van der Waals surface area contributed by atoms with Crippen LogP contribution >= 0.6 is 11.8 Å². The quantitative estimate of drug-likeness (QED) is 0.544. The van der Waals surface area contributed by atoms with Crippen LogP contribution in [0.2, 0.25) is 0 Å². The molecule has 0 N–H and O–H groups in total. The van der Waals surface area contributed by atoms with Gasteiger partial charge < -0.3 is 0 Å². The Hall–Kier alpha value is -2.14. The molecule has 0 saturated heterocycles. The van der Waals surface area contributed by atoms with Crippen LogP contribution in [0.25, 0.3) is 5.52 Å². The summed E-state index contributed by atoms with van der Waals surface area (Å²) in [5, 5.41) is 0.774. The number of ketones is 1. The van der Waals surface area contributed by atoms with Crippen molar-refractivity contribution in [2.75, 3.05) is 5.75 Å². The number of halogens is 1. The molecule has 0 aliphatic rings. The van der Waals surface area contributed by atoms with Gasteiger partial charge in [0.2, 0.25) is 0 Å². The second kappa shape index (κ2) is 5.46. The third-order valence-corrected chi connectivity index (χ3v) is 3.87. The fourth-order valence-electron chi connectivity index (χ4n) is 1.88. The van der Waals surface area contributed by atoms with Crippen LogP contribution in [-0.4, -0.2) is 20.9 Å². The molecule has 0 saturated carbocycles. The fraction of sp³-hybridized carbons (Fsp3) is 0.0667. The molecule has 3 aromatic rings. The van der Waals surface area contributed by atoms with Crippen molar-refractivity contribution in [3.8, 4) is 0 Å². The lowest BCUT2D eigenvalue weighted by Crippen LogP contribution is -2.03. The molecular weight excluding hydrogens is 275 g/mol. The number of pyridine rings is 1. The summed E-state index contributed by atoms with van der Waals surface area (Å²) >= 11 is 1.37. The van der Waals surface area contributed by atoms with Crippen LogP contribution < -0.4 is 0 Å². The molecule has 2 heterocycles. The SMILES string of the molecule is O=C(CSc1ncc2ccccn12)c1ccc(F)cc1. The van der Waals surface area contributed by atoms with Gasteiger partial charge >= 0.3 is 0 Å². The minimum Gasteiger partial charge on any atom is -0.295 e. The molecule has 0 radical (unpaired) electrons. The van der Waals surface area contributed by atoms with Crippen LogP contribution in [0.4, 0.5) is 4.39 Å². The number of imidazole rings is 1. The lowest BCUT2D eigenvalue weighted by Gasteiger charge is -2.01. The highest BCUT2D eigenvalue weighted by atomic mass is 32.2. The van der Waals surface area contributed by atoms with E-state index < -0.39 is 0 Å². The van der Waals surface area contributed by atoms with Gasteiger partial charge in [0.1, 0.15) is 5.82 Å². The standard InChI is InChI=1S/C15H11FN2OS/c16-12-6-4-11(5-7-12)14(19)10-20-15-17-9-13-3-1-2-8-18(13)15/h1-9H,10H2. The average molecular weight is 286 g/mol. The topological polar surface area (TPSA) is 34.4 Å². The third-order valence-electron chi connectivity index (χ3n) is 2.90. The van der Waals surface area contributed by atoms with Crippen molar-refractivity contribution in [1.82, 2.24) is 9.38 Å². The molecule has 0 atom stereocenters. The maximum atomic E-state index is 12.8. The molecule has 0 bridgehead atoms. The third kappa shape index (κ3) is 2.58. The number of nitrogens with zero attached hydrogens (tertiary/aromatic N) is 2. The summed E-state index contributed by atoms with van der Waals surface area (Å²) in [6, 6.07) is 11.4. The first kappa shape index (κ1) is 12.9. The van der Waals surface area contributed by atoms with Gasteiger partial charge in [0.05, 0.1) is 17.5 Å². The Kier molecular flexibility index (Phi) is 3.52. The van der Waals surface area contributed by atoms with Gasteiger partial charge in [-0.1, -0.05) is 17.8 Å². The Morgan fingerprint density at radius 3 is 2.80 bits per heavy atom. The summed E-state index contributed by atoms with van der Waals surface area (Å²) in [5.74, 6) is -0.101. The minimum atomic E-state index is -0.339. The van der Waals surface area contributed by atoms with Crippen LogP contribution in [0.1, 0.15) is 10.4 Å². The number of hydrogen-bond acceptors (Lipinski definition) is 3. The lowest BCUT2D eigenvalue weighted by molar-refractivity contribution is 0.102. The molecule has 0 spiro atoms. The van der Waals surface area contributed by atoms with E-state index in [1.54, 1.807) is 6.20 Å². The molecule has 0 amide bonds. The molecule has 3 rings (SSSR count). The number of aromatic nitrogens is 2. The zero-order valence-corrected chi connectivity index (χ0v) is 11.3. The minimum absolute atomic E-state index is 0.0392. The molecule has 0 fully saturated rings. The van der Waals surface area contributed by atoms with Crippen molar-refractivity contribution >= 4 is 23.1 Å². The second-order valence-corrected chi connectivity index (χ2v) is 5.20. The van der Waals surface area contributed by atoms with Gasteiger partial charge in [-0.25, -0.2) is 9.37 Å². The van der Waals surface area contributed by atoms with Crippen LogP contribution in [0.5, 0.6) is 0 Å². The summed E-state index contributed by atoms with van der Waals surface area (Å²) in [5.41, 5.74) is 1.50. The van der Waals surface area contributed by atoms with Gasteiger partial charge in [-0.05, 0) is 36.4 Å². The number of thioether (sulfide) groups is 1. The highest BCUT2D eigenvalue weighted by Gasteiger charge is 2.09.